The first-order chi connectivity index (χ1) is 13.9. The number of nitrogens with one attached hydrogen (secondary N) is 3. The smallest absolute Gasteiger partial charge is 0.329 e. The summed E-state index contributed by atoms with van der Waals surface area (Å²) in [6, 6.07) is 14.2. The summed E-state index contributed by atoms with van der Waals surface area (Å²) < 4.78 is 10.1. The van der Waals surface area contributed by atoms with E-state index in [9.17, 15) is 14.4 Å². The van der Waals surface area contributed by atoms with Crippen LogP contribution in [0.15, 0.2) is 54.6 Å². The molecular weight excluding hydrogens is 374 g/mol. The van der Waals surface area contributed by atoms with E-state index in [1.807, 2.05) is 6.07 Å². The Hall–Kier alpha value is -3.55. The number of hydrogen-bond donors (Lipinski definition) is 3. The molecule has 2 rings (SSSR count). The third-order valence-corrected chi connectivity index (χ3v) is 3.96. The lowest BCUT2D eigenvalue weighted by molar-refractivity contribution is -0.150. The highest BCUT2D eigenvalue weighted by Crippen LogP contribution is 2.15. The van der Waals surface area contributed by atoms with Crippen LogP contribution in [0.5, 0.6) is 5.75 Å². The highest BCUT2D eigenvalue weighted by Gasteiger charge is 2.26. The van der Waals surface area contributed by atoms with E-state index >= 15 is 0 Å². The Kier molecular flexibility index (Phi) is 8.02. The maximum atomic E-state index is 12.4. The number of urea groups is 1. The molecule has 0 bridgehead atoms. The van der Waals surface area contributed by atoms with Crippen LogP contribution in [0.1, 0.15) is 13.8 Å². The summed E-state index contributed by atoms with van der Waals surface area (Å²) in [7, 11) is 1.55. The quantitative estimate of drug-likeness (QED) is 0.592. The van der Waals surface area contributed by atoms with Gasteiger partial charge in [-0.1, -0.05) is 32.0 Å². The predicted octanol–water partition coefficient (Wildman–Crippen LogP) is 3.02. The highest BCUT2D eigenvalue weighted by molar-refractivity contribution is 5.95. The van der Waals surface area contributed by atoms with Gasteiger partial charge in [0.1, 0.15) is 11.8 Å². The molecule has 3 N–H and O–H groups in total. The van der Waals surface area contributed by atoms with E-state index in [4.69, 9.17) is 9.47 Å². The van der Waals surface area contributed by atoms with Gasteiger partial charge >= 0.3 is 12.0 Å². The number of carbonyl (C=O) groups is 3. The van der Waals surface area contributed by atoms with Crippen molar-refractivity contribution in [2.24, 2.45) is 5.92 Å². The third kappa shape index (κ3) is 7.17. The first-order valence-corrected chi connectivity index (χ1v) is 9.12. The SMILES string of the molecule is COc1ccc(NC(=O)COC(=O)[C@@H](NC(=O)Nc2ccccc2)C(C)C)cc1. The van der Waals surface area contributed by atoms with Crippen LogP contribution in [0, 0.1) is 5.92 Å². The van der Waals surface area contributed by atoms with E-state index in [0.29, 0.717) is 17.1 Å². The Bertz CT molecular complexity index is 822. The fourth-order valence-corrected chi connectivity index (χ4v) is 2.43. The predicted molar refractivity (Wildman–Crippen MR) is 110 cm³/mol. The molecule has 0 saturated carbocycles. The number of anilines is 2. The summed E-state index contributed by atoms with van der Waals surface area (Å²) in [5.74, 6) is -0.740. The van der Waals surface area contributed by atoms with Gasteiger partial charge in [0.05, 0.1) is 7.11 Å². The molecule has 0 radical (unpaired) electrons. The monoisotopic (exact) mass is 399 g/mol. The molecule has 1 atom stereocenters. The molecule has 0 aromatic heterocycles. The van der Waals surface area contributed by atoms with E-state index < -0.39 is 30.6 Å². The minimum absolute atomic E-state index is 0.228. The maximum Gasteiger partial charge on any atom is 0.329 e. The van der Waals surface area contributed by atoms with Gasteiger partial charge in [-0.2, -0.15) is 0 Å². The highest BCUT2D eigenvalue weighted by atomic mass is 16.5. The molecule has 8 heteroatoms. The van der Waals surface area contributed by atoms with Gasteiger partial charge in [-0.05, 0) is 42.3 Å². The molecule has 154 valence electrons. The Morgan fingerprint density at radius 1 is 0.897 bits per heavy atom. The van der Waals surface area contributed by atoms with Crippen molar-refractivity contribution in [1.29, 1.82) is 0 Å². The van der Waals surface area contributed by atoms with Crippen LogP contribution >= 0.6 is 0 Å². The molecule has 0 aliphatic heterocycles. The summed E-state index contributed by atoms with van der Waals surface area (Å²) in [4.78, 5) is 36.5. The van der Waals surface area contributed by atoms with Crippen LogP contribution in [-0.2, 0) is 14.3 Å². The zero-order valence-electron chi connectivity index (χ0n) is 16.6. The van der Waals surface area contributed by atoms with Crippen molar-refractivity contribution in [1.82, 2.24) is 5.32 Å². The Balaban J connectivity index is 1.84. The first kappa shape index (κ1) is 21.7. The van der Waals surface area contributed by atoms with Crippen molar-refractivity contribution in [3.63, 3.8) is 0 Å². The number of rotatable bonds is 8. The number of para-hydroxylation sites is 1. The third-order valence-electron chi connectivity index (χ3n) is 3.96. The topological polar surface area (TPSA) is 106 Å². The zero-order valence-corrected chi connectivity index (χ0v) is 16.6. The minimum Gasteiger partial charge on any atom is -0.497 e. The molecular formula is C21H25N3O5. The van der Waals surface area contributed by atoms with Crippen LogP contribution in [0.25, 0.3) is 0 Å². The maximum absolute atomic E-state index is 12.4. The van der Waals surface area contributed by atoms with E-state index in [1.165, 1.54) is 0 Å². The lowest BCUT2D eigenvalue weighted by Crippen LogP contribution is -2.47. The fourth-order valence-electron chi connectivity index (χ4n) is 2.43. The van der Waals surface area contributed by atoms with Crippen LogP contribution in [0.2, 0.25) is 0 Å². The lowest BCUT2D eigenvalue weighted by Gasteiger charge is -2.21. The van der Waals surface area contributed by atoms with Crippen molar-refractivity contribution in [3.8, 4) is 5.75 Å². The van der Waals surface area contributed by atoms with Crippen LogP contribution in [0.4, 0.5) is 16.2 Å². The van der Waals surface area contributed by atoms with Gasteiger partial charge in [0.2, 0.25) is 0 Å². The summed E-state index contributed by atoms with van der Waals surface area (Å²) in [6.45, 7) is 3.08. The van der Waals surface area contributed by atoms with Crippen molar-refractivity contribution < 1.29 is 23.9 Å². The van der Waals surface area contributed by atoms with Gasteiger partial charge in [0.15, 0.2) is 6.61 Å². The fraction of sp³-hybridized carbons (Fsp3) is 0.286. The molecule has 0 spiro atoms. The molecule has 0 heterocycles. The van der Waals surface area contributed by atoms with Crippen molar-refractivity contribution in [2.45, 2.75) is 19.9 Å². The number of methoxy groups -OCH3 is 1. The second-order valence-corrected chi connectivity index (χ2v) is 6.57. The zero-order chi connectivity index (χ0) is 21.2. The number of benzene rings is 2. The standard InChI is InChI=1S/C21H25N3O5/c1-14(2)19(24-21(27)23-15-7-5-4-6-8-15)20(26)29-13-18(25)22-16-9-11-17(28-3)12-10-16/h4-12,14,19H,13H2,1-3H3,(H,22,25)(H2,23,24,27)/t19-/m0/s1. The van der Waals surface area contributed by atoms with Crippen LogP contribution in [0.3, 0.4) is 0 Å². The molecule has 8 nitrogen and oxygen atoms in total. The van der Waals surface area contributed by atoms with Gasteiger partial charge in [-0.25, -0.2) is 9.59 Å². The van der Waals surface area contributed by atoms with Crippen molar-refractivity contribution in [3.05, 3.63) is 54.6 Å². The Labute approximate surface area is 169 Å². The van der Waals surface area contributed by atoms with Gasteiger partial charge in [0, 0.05) is 11.4 Å². The average Bonchev–Trinajstić information content (AvgIpc) is 2.71. The van der Waals surface area contributed by atoms with Crippen molar-refractivity contribution >= 4 is 29.3 Å². The van der Waals surface area contributed by atoms with E-state index in [-0.39, 0.29) is 5.92 Å². The second kappa shape index (κ2) is 10.7. The Morgan fingerprint density at radius 2 is 1.52 bits per heavy atom. The Morgan fingerprint density at radius 3 is 2.10 bits per heavy atom. The molecule has 2 aromatic carbocycles. The van der Waals surface area contributed by atoms with E-state index in [1.54, 1.807) is 69.5 Å². The lowest BCUT2D eigenvalue weighted by atomic mass is 10.1. The molecule has 0 aliphatic rings. The van der Waals surface area contributed by atoms with Gasteiger partial charge in [0.25, 0.3) is 5.91 Å². The number of amides is 3. The molecule has 0 unspecified atom stereocenters. The molecule has 3 amide bonds. The number of ether oxygens (including phenoxy) is 2. The summed E-state index contributed by atoms with van der Waals surface area (Å²) in [5, 5.41) is 7.84. The van der Waals surface area contributed by atoms with E-state index in [2.05, 4.69) is 16.0 Å². The summed E-state index contributed by atoms with van der Waals surface area (Å²) in [5.41, 5.74) is 1.15. The summed E-state index contributed by atoms with van der Waals surface area (Å²) in [6.07, 6.45) is 0. The average molecular weight is 399 g/mol. The van der Waals surface area contributed by atoms with Gasteiger partial charge in [-0.15, -0.1) is 0 Å². The number of hydrogen-bond acceptors (Lipinski definition) is 5. The van der Waals surface area contributed by atoms with Gasteiger partial charge < -0.3 is 25.4 Å². The largest absolute Gasteiger partial charge is 0.497 e. The van der Waals surface area contributed by atoms with Crippen molar-refractivity contribution in [2.75, 3.05) is 24.4 Å². The van der Waals surface area contributed by atoms with Crippen LogP contribution < -0.4 is 20.7 Å². The number of esters is 1. The number of carbonyl (C=O) groups excluding carboxylic acids is 3. The molecule has 0 saturated heterocycles. The normalized spacial score (nSPS) is 11.3. The molecule has 2 aromatic rings. The van der Waals surface area contributed by atoms with Gasteiger partial charge in [-0.3, -0.25) is 4.79 Å². The van der Waals surface area contributed by atoms with Crippen LogP contribution in [-0.4, -0.2) is 37.7 Å². The van der Waals surface area contributed by atoms with E-state index in [0.717, 1.165) is 0 Å². The molecule has 29 heavy (non-hydrogen) atoms. The molecule has 0 fully saturated rings. The second-order valence-electron chi connectivity index (χ2n) is 6.57. The molecule has 0 aliphatic carbocycles. The first-order valence-electron chi connectivity index (χ1n) is 9.12. The minimum atomic E-state index is -0.896. The summed E-state index contributed by atoms with van der Waals surface area (Å²) >= 11 is 0.